The highest BCUT2D eigenvalue weighted by Gasteiger charge is 2.44. The van der Waals surface area contributed by atoms with Gasteiger partial charge in [0.15, 0.2) is 0 Å². The van der Waals surface area contributed by atoms with E-state index in [0.717, 1.165) is 11.8 Å². The van der Waals surface area contributed by atoms with Crippen molar-refractivity contribution in [1.82, 2.24) is 4.90 Å². The predicted octanol–water partition coefficient (Wildman–Crippen LogP) is 2.91. The molecule has 2 aliphatic rings. The molecule has 0 radical (unpaired) electrons. The quantitative estimate of drug-likeness (QED) is 0.601. The van der Waals surface area contributed by atoms with E-state index in [-0.39, 0.29) is 0 Å². The molecule has 1 saturated carbocycles. The second-order valence-corrected chi connectivity index (χ2v) is 5.50. The number of nitrogens with zero attached hydrogens (tertiary/aromatic N) is 1. The minimum Gasteiger partial charge on any atom is -0.301 e. The molecule has 1 aliphatic heterocycles. The maximum Gasteiger partial charge on any atom is 0.0209 e. The summed E-state index contributed by atoms with van der Waals surface area (Å²) in [5.41, 5.74) is 0.634. The lowest BCUT2D eigenvalue weighted by Gasteiger charge is -2.32. The molecule has 0 aromatic heterocycles. The van der Waals surface area contributed by atoms with Crippen LogP contribution in [0.25, 0.3) is 0 Å². The van der Waals surface area contributed by atoms with Gasteiger partial charge in [0, 0.05) is 5.54 Å². The molecule has 0 N–H and O–H groups in total. The van der Waals surface area contributed by atoms with Crippen LogP contribution in [-0.2, 0) is 0 Å². The summed E-state index contributed by atoms with van der Waals surface area (Å²) in [6.45, 7) is 6.11. The average Bonchev–Trinajstić information content (AvgIpc) is 2.63. The van der Waals surface area contributed by atoms with Gasteiger partial charge in [-0.2, -0.15) is 0 Å². The normalized spacial score (nSPS) is 41.1. The number of hydrogen-bond donors (Lipinski definition) is 0. The molecule has 1 heterocycles. The van der Waals surface area contributed by atoms with Crippen molar-refractivity contribution < 1.29 is 0 Å². The molecule has 0 amide bonds. The zero-order valence-corrected chi connectivity index (χ0v) is 9.34. The average molecular weight is 181 g/mol. The maximum absolute atomic E-state index is 2.63. The lowest BCUT2D eigenvalue weighted by atomic mass is 9.89. The van der Waals surface area contributed by atoms with Gasteiger partial charge < -0.3 is 4.90 Å². The fraction of sp³-hybridized carbons (Fsp3) is 1.00. The first kappa shape index (κ1) is 9.51. The molecule has 0 bridgehead atoms. The molecule has 0 aromatic carbocycles. The van der Waals surface area contributed by atoms with E-state index in [4.69, 9.17) is 0 Å². The van der Waals surface area contributed by atoms with Crippen LogP contribution in [-0.4, -0.2) is 24.0 Å². The third-order valence-corrected chi connectivity index (χ3v) is 4.51. The van der Waals surface area contributed by atoms with Crippen LogP contribution in [0.3, 0.4) is 0 Å². The van der Waals surface area contributed by atoms with Crippen molar-refractivity contribution in [3.63, 3.8) is 0 Å². The van der Waals surface area contributed by atoms with Gasteiger partial charge in [0.05, 0.1) is 0 Å². The Kier molecular flexibility index (Phi) is 2.39. The Morgan fingerprint density at radius 1 is 1.31 bits per heavy atom. The Balaban J connectivity index is 2.03. The van der Waals surface area contributed by atoms with Crippen LogP contribution in [0.1, 0.15) is 46.0 Å². The summed E-state index contributed by atoms with van der Waals surface area (Å²) in [5.74, 6) is 1.90. The molecule has 2 rings (SSSR count). The Bertz CT molecular complexity index is 188. The van der Waals surface area contributed by atoms with Gasteiger partial charge in [-0.3, -0.25) is 0 Å². The van der Waals surface area contributed by atoms with Crippen LogP contribution in [0, 0.1) is 11.8 Å². The number of hydrogen-bond acceptors (Lipinski definition) is 1. The first-order chi connectivity index (χ1) is 6.14. The van der Waals surface area contributed by atoms with Gasteiger partial charge in [-0.15, -0.1) is 0 Å². The second-order valence-electron chi connectivity index (χ2n) is 5.50. The van der Waals surface area contributed by atoms with Gasteiger partial charge >= 0.3 is 0 Å². The standard InChI is InChI=1S/C12H23N/c1-10(2)11-5-7-12(9-11)6-4-8-13(12)3/h10-11H,4-9H2,1-3H3. The van der Waals surface area contributed by atoms with Gasteiger partial charge in [-0.1, -0.05) is 13.8 Å². The molecule has 76 valence electrons. The van der Waals surface area contributed by atoms with Crippen molar-refractivity contribution in [2.45, 2.75) is 51.5 Å². The summed E-state index contributed by atoms with van der Waals surface area (Å²) in [7, 11) is 2.33. The Labute approximate surface area is 82.5 Å². The van der Waals surface area contributed by atoms with Crippen molar-refractivity contribution in [2.24, 2.45) is 11.8 Å². The fourth-order valence-corrected chi connectivity index (χ4v) is 3.36. The van der Waals surface area contributed by atoms with Crippen LogP contribution in [0.4, 0.5) is 0 Å². The van der Waals surface area contributed by atoms with E-state index in [2.05, 4.69) is 25.8 Å². The van der Waals surface area contributed by atoms with Crippen LogP contribution in [0.15, 0.2) is 0 Å². The molecule has 1 spiro atoms. The van der Waals surface area contributed by atoms with Crippen LogP contribution >= 0.6 is 0 Å². The van der Waals surface area contributed by atoms with E-state index in [1.165, 1.54) is 38.6 Å². The third-order valence-electron chi connectivity index (χ3n) is 4.51. The zero-order valence-electron chi connectivity index (χ0n) is 9.34. The molecule has 1 aliphatic carbocycles. The van der Waals surface area contributed by atoms with Crippen molar-refractivity contribution in [2.75, 3.05) is 13.6 Å². The molecule has 1 saturated heterocycles. The largest absolute Gasteiger partial charge is 0.301 e. The second kappa shape index (κ2) is 3.27. The van der Waals surface area contributed by atoms with Crippen molar-refractivity contribution in [3.05, 3.63) is 0 Å². The Hall–Kier alpha value is -0.0400. The summed E-state index contributed by atoms with van der Waals surface area (Å²) in [4.78, 5) is 2.63. The third kappa shape index (κ3) is 1.52. The molecule has 1 nitrogen and oxygen atoms in total. The lowest BCUT2D eigenvalue weighted by molar-refractivity contribution is 0.169. The van der Waals surface area contributed by atoms with Crippen LogP contribution < -0.4 is 0 Å². The van der Waals surface area contributed by atoms with Crippen molar-refractivity contribution >= 4 is 0 Å². The summed E-state index contributed by atoms with van der Waals surface area (Å²) in [5, 5.41) is 0. The molecule has 0 aromatic rings. The lowest BCUT2D eigenvalue weighted by Crippen LogP contribution is -2.38. The molecule has 2 unspecified atom stereocenters. The van der Waals surface area contributed by atoms with E-state index < -0.39 is 0 Å². The van der Waals surface area contributed by atoms with Gasteiger partial charge in [0.2, 0.25) is 0 Å². The highest BCUT2D eigenvalue weighted by molar-refractivity contribution is 5.00. The summed E-state index contributed by atoms with van der Waals surface area (Å²) in [6, 6.07) is 0. The van der Waals surface area contributed by atoms with Gasteiger partial charge in [-0.25, -0.2) is 0 Å². The smallest absolute Gasteiger partial charge is 0.0209 e. The summed E-state index contributed by atoms with van der Waals surface area (Å²) < 4.78 is 0. The van der Waals surface area contributed by atoms with Crippen molar-refractivity contribution in [1.29, 1.82) is 0 Å². The first-order valence-electron chi connectivity index (χ1n) is 5.85. The minimum atomic E-state index is 0.634. The molecular weight excluding hydrogens is 158 g/mol. The van der Waals surface area contributed by atoms with E-state index in [0.29, 0.717) is 5.54 Å². The minimum absolute atomic E-state index is 0.634. The molecule has 2 fully saturated rings. The summed E-state index contributed by atoms with van der Waals surface area (Å²) >= 11 is 0. The Morgan fingerprint density at radius 3 is 2.54 bits per heavy atom. The van der Waals surface area contributed by atoms with Gasteiger partial charge in [0.25, 0.3) is 0 Å². The first-order valence-corrected chi connectivity index (χ1v) is 5.85. The Morgan fingerprint density at radius 2 is 2.08 bits per heavy atom. The monoisotopic (exact) mass is 181 g/mol. The molecular formula is C12H23N. The van der Waals surface area contributed by atoms with Crippen LogP contribution in [0.5, 0.6) is 0 Å². The predicted molar refractivity (Wildman–Crippen MR) is 56.8 cm³/mol. The number of likely N-dealkylation sites (tertiary alicyclic amines) is 1. The van der Waals surface area contributed by atoms with Crippen LogP contribution in [0.2, 0.25) is 0 Å². The summed E-state index contributed by atoms with van der Waals surface area (Å²) in [6.07, 6.45) is 7.31. The number of rotatable bonds is 1. The maximum atomic E-state index is 2.63. The molecule has 2 atom stereocenters. The SMILES string of the molecule is CC(C)C1CCC2(CCCN2C)C1. The van der Waals surface area contributed by atoms with Gasteiger partial charge in [-0.05, 0) is 57.5 Å². The van der Waals surface area contributed by atoms with E-state index in [1.54, 1.807) is 0 Å². The van der Waals surface area contributed by atoms with Gasteiger partial charge in [0.1, 0.15) is 0 Å². The molecule has 13 heavy (non-hydrogen) atoms. The highest BCUT2D eigenvalue weighted by Crippen LogP contribution is 2.46. The van der Waals surface area contributed by atoms with E-state index >= 15 is 0 Å². The molecule has 1 heteroatoms. The zero-order chi connectivity index (χ0) is 9.47. The topological polar surface area (TPSA) is 3.24 Å². The van der Waals surface area contributed by atoms with Crippen molar-refractivity contribution in [3.8, 4) is 0 Å². The van der Waals surface area contributed by atoms with E-state index in [9.17, 15) is 0 Å². The van der Waals surface area contributed by atoms with E-state index in [1.807, 2.05) is 0 Å². The highest BCUT2D eigenvalue weighted by atomic mass is 15.2. The fourth-order valence-electron chi connectivity index (χ4n) is 3.36.